The molecule has 0 atom stereocenters. The Morgan fingerprint density at radius 3 is 2.63 bits per heavy atom. The van der Waals surface area contributed by atoms with Gasteiger partial charge in [-0.2, -0.15) is 0 Å². The van der Waals surface area contributed by atoms with Gasteiger partial charge in [0.2, 0.25) is 0 Å². The molecule has 0 aliphatic rings. The van der Waals surface area contributed by atoms with Crippen molar-refractivity contribution in [2.45, 2.75) is 52.6 Å². The number of nitrogens with one attached hydrogen (secondary N) is 2. The van der Waals surface area contributed by atoms with E-state index >= 15 is 0 Å². The molecule has 166 valence electrons. The highest BCUT2D eigenvalue weighted by molar-refractivity contribution is 5.79. The van der Waals surface area contributed by atoms with Crippen LogP contribution in [0.4, 0.5) is 0 Å². The van der Waals surface area contributed by atoms with Crippen LogP contribution in [0.2, 0.25) is 0 Å². The highest BCUT2D eigenvalue weighted by Crippen LogP contribution is 2.22. The van der Waals surface area contributed by atoms with Gasteiger partial charge in [-0.1, -0.05) is 37.2 Å². The number of aromatic nitrogens is 1. The largest absolute Gasteiger partial charge is 0.492 e. The zero-order valence-electron chi connectivity index (χ0n) is 19.1. The van der Waals surface area contributed by atoms with Crippen LogP contribution in [0.15, 0.2) is 39.8 Å². The topological polar surface area (TPSA) is 74.9 Å². The lowest BCUT2D eigenvalue weighted by Gasteiger charge is -2.14. The molecule has 0 unspecified atom stereocenters. The van der Waals surface area contributed by atoms with Gasteiger partial charge in [0.1, 0.15) is 12.4 Å². The zero-order chi connectivity index (χ0) is 21.8. The summed E-state index contributed by atoms with van der Waals surface area (Å²) in [4.78, 5) is 6.82. The first-order valence-corrected chi connectivity index (χ1v) is 10.9. The first kappa shape index (κ1) is 23.7. The highest BCUT2D eigenvalue weighted by Gasteiger charge is 2.13. The summed E-state index contributed by atoms with van der Waals surface area (Å²) >= 11 is 0. The molecule has 0 spiro atoms. The van der Waals surface area contributed by atoms with E-state index in [-0.39, 0.29) is 0 Å². The van der Waals surface area contributed by atoms with Crippen molar-refractivity contribution >= 4 is 5.96 Å². The minimum absolute atomic E-state index is 0.452. The second-order valence-corrected chi connectivity index (χ2v) is 7.54. The van der Waals surface area contributed by atoms with Gasteiger partial charge < -0.3 is 24.8 Å². The molecule has 0 aliphatic heterocycles. The molecule has 0 bridgehead atoms. The first-order chi connectivity index (χ1) is 14.6. The second-order valence-electron chi connectivity index (χ2n) is 7.54. The molecule has 2 rings (SSSR count). The van der Waals surface area contributed by atoms with Gasteiger partial charge in [0, 0.05) is 30.6 Å². The van der Waals surface area contributed by atoms with Gasteiger partial charge in [-0.25, -0.2) is 4.99 Å². The van der Waals surface area contributed by atoms with E-state index < -0.39 is 0 Å². The molecule has 0 radical (unpaired) electrons. The van der Waals surface area contributed by atoms with E-state index in [4.69, 9.17) is 14.3 Å². The van der Waals surface area contributed by atoms with Crippen LogP contribution >= 0.6 is 0 Å². The minimum atomic E-state index is 0.452. The molecule has 0 fully saturated rings. The van der Waals surface area contributed by atoms with Crippen LogP contribution in [0.25, 0.3) is 0 Å². The highest BCUT2D eigenvalue weighted by atomic mass is 16.5. The smallest absolute Gasteiger partial charge is 0.191 e. The summed E-state index contributed by atoms with van der Waals surface area (Å²) in [6, 6.07) is 10.1. The lowest BCUT2D eigenvalue weighted by molar-refractivity contribution is 0.259. The third-order valence-corrected chi connectivity index (χ3v) is 4.93. The van der Waals surface area contributed by atoms with Gasteiger partial charge in [-0.05, 0) is 39.9 Å². The van der Waals surface area contributed by atoms with Gasteiger partial charge in [-0.3, -0.25) is 0 Å². The van der Waals surface area contributed by atoms with Gasteiger partial charge in [-0.15, -0.1) is 0 Å². The van der Waals surface area contributed by atoms with Gasteiger partial charge in [0.25, 0.3) is 0 Å². The number of ether oxygens (including phenoxy) is 1. The number of benzene rings is 1. The van der Waals surface area contributed by atoms with Gasteiger partial charge in [0.05, 0.1) is 18.8 Å². The Morgan fingerprint density at radius 2 is 1.93 bits per heavy atom. The molecule has 1 aromatic heterocycles. The van der Waals surface area contributed by atoms with Crippen LogP contribution < -0.4 is 15.4 Å². The molecule has 7 nitrogen and oxygen atoms in total. The number of rotatable bonds is 12. The van der Waals surface area contributed by atoms with E-state index in [0.29, 0.717) is 25.6 Å². The summed E-state index contributed by atoms with van der Waals surface area (Å²) < 4.78 is 11.4. The van der Waals surface area contributed by atoms with Crippen LogP contribution in [0.5, 0.6) is 5.75 Å². The maximum Gasteiger partial charge on any atom is 0.191 e. The van der Waals surface area contributed by atoms with E-state index in [9.17, 15) is 0 Å². The fraction of sp³-hybridized carbons (Fsp3) is 0.565. The number of hydrogen-bond donors (Lipinski definition) is 2. The summed E-state index contributed by atoms with van der Waals surface area (Å²) in [6.45, 7) is 9.78. The predicted molar refractivity (Wildman–Crippen MR) is 122 cm³/mol. The summed E-state index contributed by atoms with van der Waals surface area (Å²) in [5.41, 5.74) is 2.09. The van der Waals surface area contributed by atoms with E-state index in [1.165, 1.54) is 0 Å². The lowest BCUT2D eigenvalue weighted by atomic mass is 9.99. The lowest BCUT2D eigenvalue weighted by Crippen LogP contribution is -2.36. The van der Waals surface area contributed by atoms with Crippen molar-refractivity contribution in [3.05, 3.63) is 47.3 Å². The maximum atomic E-state index is 5.94. The summed E-state index contributed by atoms with van der Waals surface area (Å²) in [6.07, 6.45) is 2.13. The molecular weight excluding hydrogens is 378 g/mol. The summed E-state index contributed by atoms with van der Waals surface area (Å²) in [5, 5.41) is 10.8. The Bertz CT molecular complexity index is 768. The number of hydrogen-bond acceptors (Lipinski definition) is 5. The van der Waals surface area contributed by atoms with E-state index in [2.05, 4.69) is 47.5 Å². The normalized spacial score (nSPS) is 11.9. The third-order valence-electron chi connectivity index (χ3n) is 4.93. The summed E-state index contributed by atoms with van der Waals surface area (Å²) in [7, 11) is 4.08. The number of para-hydroxylation sites is 1. The van der Waals surface area contributed by atoms with Crippen LogP contribution in [0, 0.1) is 0 Å². The van der Waals surface area contributed by atoms with Crippen molar-refractivity contribution in [1.82, 2.24) is 20.7 Å². The molecule has 0 amide bonds. The molecular formula is C23H37N5O2. The van der Waals surface area contributed by atoms with Crippen molar-refractivity contribution in [2.24, 2.45) is 4.99 Å². The summed E-state index contributed by atoms with van der Waals surface area (Å²) in [5.74, 6) is 2.88. The molecule has 7 heteroatoms. The predicted octanol–water partition coefficient (Wildman–Crippen LogP) is 3.77. The zero-order valence-corrected chi connectivity index (χ0v) is 19.1. The van der Waals surface area contributed by atoms with Crippen LogP contribution in [0.1, 0.15) is 56.5 Å². The average Bonchev–Trinajstić information content (AvgIpc) is 3.20. The third kappa shape index (κ3) is 7.71. The van der Waals surface area contributed by atoms with Crippen molar-refractivity contribution in [1.29, 1.82) is 0 Å². The fourth-order valence-electron chi connectivity index (χ4n) is 3.10. The number of nitrogens with zero attached hydrogens (tertiary/aromatic N) is 3. The van der Waals surface area contributed by atoms with Crippen LogP contribution in [-0.2, 0) is 13.1 Å². The number of guanidine groups is 1. The Hall–Kier alpha value is -2.54. The van der Waals surface area contributed by atoms with Crippen molar-refractivity contribution < 1.29 is 9.26 Å². The standard InChI is InChI=1S/C23H37N5O2/c1-6-18(7-2)21-15-20(30-27-21)17-26-23(24-8-3)25-16-19-11-9-10-12-22(19)29-14-13-28(4)5/h9-12,15,18H,6-8,13-14,16-17H2,1-5H3,(H2,24,25,26). The SMILES string of the molecule is CCNC(=NCc1ccccc1OCCN(C)C)NCc1cc(C(CC)CC)no1. The van der Waals surface area contributed by atoms with Gasteiger partial charge >= 0.3 is 0 Å². The van der Waals surface area contributed by atoms with Crippen molar-refractivity contribution in [3.8, 4) is 5.75 Å². The quantitative estimate of drug-likeness (QED) is 0.406. The molecule has 0 aliphatic carbocycles. The first-order valence-electron chi connectivity index (χ1n) is 10.9. The number of likely N-dealkylation sites (N-methyl/N-ethyl adjacent to an activating group) is 1. The molecule has 1 aromatic carbocycles. The Kier molecular flexibility index (Phi) is 10.2. The van der Waals surface area contributed by atoms with E-state index in [0.717, 1.165) is 54.7 Å². The monoisotopic (exact) mass is 415 g/mol. The molecule has 2 N–H and O–H groups in total. The maximum absolute atomic E-state index is 5.94. The number of aliphatic imine (C=N–C) groups is 1. The van der Waals surface area contributed by atoms with Gasteiger partial charge in [0.15, 0.2) is 11.7 Å². The van der Waals surface area contributed by atoms with Crippen molar-refractivity contribution in [2.75, 3.05) is 33.8 Å². The Morgan fingerprint density at radius 1 is 1.17 bits per heavy atom. The molecule has 0 saturated heterocycles. The molecule has 30 heavy (non-hydrogen) atoms. The van der Waals surface area contributed by atoms with E-state index in [1.54, 1.807) is 0 Å². The minimum Gasteiger partial charge on any atom is -0.492 e. The molecule has 2 aromatic rings. The van der Waals surface area contributed by atoms with E-state index in [1.807, 2.05) is 38.4 Å². The van der Waals surface area contributed by atoms with Crippen molar-refractivity contribution in [3.63, 3.8) is 0 Å². The Balaban J connectivity index is 1.98. The Labute approximate surface area is 180 Å². The van der Waals surface area contributed by atoms with Crippen LogP contribution in [0.3, 0.4) is 0 Å². The molecule has 0 saturated carbocycles. The fourth-order valence-corrected chi connectivity index (χ4v) is 3.10. The molecule has 1 heterocycles. The van der Waals surface area contributed by atoms with Crippen LogP contribution in [-0.4, -0.2) is 49.8 Å². The second kappa shape index (κ2) is 12.9. The average molecular weight is 416 g/mol.